The summed E-state index contributed by atoms with van der Waals surface area (Å²) in [6.07, 6.45) is 3.60. The van der Waals surface area contributed by atoms with Crippen molar-refractivity contribution in [3.63, 3.8) is 0 Å². The fourth-order valence-corrected chi connectivity index (χ4v) is 3.27. The van der Waals surface area contributed by atoms with Gasteiger partial charge in [0.1, 0.15) is 0 Å². The van der Waals surface area contributed by atoms with Crippen LogP contribution in [0.3, 0.4) is 0 Å². The van der Waals surface area contributed by atoms with Crippen molar-refractivity contribution < 1.29 is 23.8 Å². The molecule has 0 saturated heterocycles. The number of unbranched alkanes of at least 4 members (excludes halogenated alkanes) is 1. The molecule has 0 atom stereocenters. The second-order valence-corrected chi connectivity index (χ2v) is 7.97. The van der Waals surface area contributed by atoms with E-state index in [0.717, 1.165) is 18.4 Å². The van der Waals surface area contributed by atoms with Crippen LogP contribution in [0.25, 0.3) is 6.08 Å². The quantitative estimate of drug-likeness (QED) is 0.296. The van der Waals surface area contributed by atoms with Crippen LogP contribution in [0.2, 0.25) is 0 Å². The minimum atomic E-state index is -0.402. The predicted octanol–water partition coefficient (Wildman–Crippen LogP) is 5.25. The highest BCUT2D eigenvalue weighted by Crippen LogP contribution is 2.31. The number of nitrogens with zero attached hydrogens (tertiary/aromatic N) is 2. The zero-order valence-corrected chi connectivity index (χ0v) is 19.8. The molecule has 2 aromatic rings. The Morgan fingerprint density at radius 2 is 1.85 bits per heavy atom. The average Bonchev–Trinajstić information content (AvgIpc) is 3.08. The Morgan fingerprint density at radius 3 is 2.48 bits per heavy atom. The molecule has 174 valence electrons. The van der Waals surface area contributed by atoms with Gasteiger partial charge < -0.3 is 14.2 Å². The Hall–Kier alpha value is -3.61. The molecule has 33 heavy (non-hydrogen) atoms. The van der Waals surface area contributed by atoms with Gasteiger partial charge in [0.25, 0.3) is 5.91 Å². The van der Waals surface area contributed by atoms with Crippen LogP contribution in [-0.4, -0.2) is 37.4 Å². The fraction of sp³-hybridized carbons (Fsp3) is 0.346. The van der Waals surface area contributed by atoms with Crippen LogP contribution in [0.5, 0.6) is 11.5 Å². The number of hydrogen-bond acceptors (Lipinski definition) is 6. The van der Waals surface area contributed by atoms with E-state index in [1.54, 1.807) is 58.2 Å². The first kappa shape index (κ1) is 24.0. The molecule has 0 unspecified atom stereocenters. The van der Waals surface area contributed by atoms with E-state index in [0.29, 0.717) is 40.6 Å². The van der Waals surface area contributed by atoms with Crippen molar-refractivity contribution >= 4 is 29.4 Å². The molecule has 0 aliphatic carbocycles. The van der Waals surface area contributed by atoms with Gasteiger partial charge in [0.05, 0.1) is 42.4 Å². The number of methoxy groups -OCH3 is 1. The van der Waals surface area contributed by atoms with Gasteiger partial charge in [-0.05, 0) is 75.2 Å². The number of amides is 1. The minimum absolute atomic E-state index is 0.201. The van der Waals surface area contributed by atoms with Crippen molar-refractivity contribution in [1.82, 2.24) is 0 Å². The highest BCUT2D eigenvalue weighted by molar-refractivity contribution is 6.32. The van der Waals surface area contributed by atoms with Crippen LogP contribution in [-0.2, 0) is 9.53 Å². The van der Waals surface area contributed by atoms with Gasteiger partial charge in [0, 0.05) is 0 Å². The number of benzene rings is 2. The van der Waals surface area contributed by atoms with E-state index in [4.69, 9.17) is 14.2 Å². The summed E-state index contributed by atoms with van der Waals surface area (Å²) in [4.78, 5) is 25.1. The molecule has 7 nitrogen and oxygen atoms in total. The van der Waals surface area contributed by atoms with Crippen molar-refractivity contribution in [3.05, 3.63) is 59.2 Å². The third-order valence-electron chi connectivity index (χ3n) is 5.01. The molecule has 7 heteroatoms. The van der Waals surface area contributed by atoms with Gasteiger partial charge in [-0.3, -0.25) is 4.79 Å². The molecule has 0 fully saturated rings. The first-order valence-corrected chi connectivity index (χ1v) is 11.1. The van der Waals surface area contributed by atoms with Gasteiger partial charge in [0.2, 0.25) is 0 Å². The number of hydrazone groups is 1. The summed E-state index contributed by atoms with van der Waals surface area (Å²) < 4.78 is 16.4. The zero-order valence-electron chi connectivity index (χ0n) is 19.8. The van der Waals surface area contributed by atoms with E-state index in [1.807, 2.05) is 18.2 Å². The molecule has 1 aliphatic heterocycles. The van der Waals surface area contributed by atoms with E-state index in [-0.39, 0.29) is 12.0 Å². The number of carbonyl (C=O) groups is 2. The molecule has 0 radical (unpaired) electrons. The third kappa shape index (κ3) is 5.80. The molecule has 1 amide bonds. The lowest BCUT2D eigenvalue weighted by Crippen LogP contribution is -2.21. The monoisotopic (exact) mass is 450 g/mol. The number of rotatable bonds is 9. The second-order valence-electron chi connectivity index (χ2n) is 7.97. The lowest BCUT2D eigenvalue weighted by molar-refractivity contribution is -0.114. The maximum Gasteiger partial charge on any atom is 0.338 e. The second kappa shape index (κ2) is 10.8. The van der Waals surface area contributed by atoms with Crippen LogP contribution in [0.4, 0.5) is 5.69 Å². The van der Waals surface area contributed by atoms with E-state index in [1.165, 1.54) is 5.01 Å². The molecular formula is C26H30N2O5. The summed E-state index contributed by atoms with van der Waals surface area (Å²) in [5.41, 5.74) is 2.89. The van der Waals surface area contributed by atoms with Crippen molar-refractivity contribution in [1.29, 1.82) is 0 Å². The van der Waals surface area contributed by atoms with Gasteiger partial charge >= 0.3 is 5.97 Å². The molecule has 0 N–H and O–H groups in total. The maximum absolute atomic E-state index is 13.1. The molecule has 0 saturated carbocycles. The summed E-state index contributed by atoms with van der Waals surface area (Å²) in [5.74, 6) is 0.642. The first-order valence-electron chi connectivity index (χ1n) is 11.1. The Balaban J connectivity index is 1.78. The van der Waals surface area contributed by atoms with Crippen LogP contribution in [0.15, 0.2) is 53.1 Å². The third-order valence-corrected chi connectivity index (χ3v) is 5.01. The van der Waals surface area contributed by atoms with Crippen molar-refractivity contribution in [2.75, 3.05) is 18.7 Å². The van der Waals surface area contributed by atoms with Crippen LogP contribution < -0.4 is 14.5 Å². The van der Waals surface area contributed by atoms with Crippen molar-refractivity contribution in [3.8, 4) is 11.5 Å². The Kier molecular flexibility index (Phi) is 7.87. The van der Waals surface area contributed by atoms with Gasteiger partial charge in [-0.25, -0.2) is 4.79 Å². The first-order chi connectivity index (χ1) is 15.8. The minimum Gasteiger partial charge on any atom is -0.493 e. The summed E-state index contributed by atoms with van der Waals surface area (Å²) >= 11 is 0. The van der Waals surface area contributed by atoms with Gasteiger partial charge in [-0.15, -0.1) is 0 Å². The molecule has 0 bridgehead atoms. The smallest absolute Gasteiger partial charge is 0.338 e. The fourth-order valence-electron chi connectivity index (χ4n) is 3.27. The molecule has 0 spiro atoms. The summed E-state index contributed by atoms with van der Waals surface area (Å²) in [6, 6.07) is 12.2. The van der Waals surface area contributed by atoms with Gasteiger partial charge in [-0.1, -0.05) is 19.4 Å². The number of carbonyl (C=O) groups excluding carboxylic acids is 2. The SMILES string of the molecule is CCCCOc1ccc(C=C2C(=O)N(c3ccc(C(=O)OC(C)C)cc3)N=C2C)cc1OC. The van der Waals surface area contributed by atoms with E-state index >= 15 is 0 Å². The Labute approximate surface area is 194 Å². The predicted molar refractivity (Wildman–Crippen MR) is 129 cm³/mol. The molecule has 0 aromatic heterocycles. The van der Waals surface area contributed by atoms with Crippen LogP contribution >= 0.6 is 0 Å². The van der Waals surface area contributed by atoms with Crippen molar-refractivity contribution in [2.24, 2.45) is 5.10 Å². The van der Waals surface area contributed by atoms with Crippen LogP contribution in [0.1, 0.15) is 56.5 Å². The van der Waals surface area contributed by atoms with Crippen molar-refractivity contribution in [2.45, 2.75) is 46.6 Å². The molecule has 2 aromatic carbocycles. The summed E-state index contributed by atoms with van der Waals surface area (Å²) in [6.45, 7) is 8.11. The highest BCUT2D eigenvalue weighted by atomic mass is 16.5. The number of ether oxygens (including phenoxy) is 3. The van der Waals surface area contributed by atoms with Gasteiger partial charge in [-0.2, -0.15) is 10.1 Å². The van der Waals surface area contributed by atoms with E-state index in [2.05, 4.69) is 12.0 Å². The zero-order chi connectivity index (χ0) is 24.0. The number of anilines is 1. The van der Waals surface area contributed by atoms with Gasteiger partial charge in [0.15, 0.2) is 11.5 Å². The molecule has 3 rings (SSSR count). The maximum atomic E-state index is 13.1. The summed E-state index contributed by atoms with van der Waals surface area (Å²) in [7, 11) is 1.59. The Bertz CT molecular complexity index is 1070. The average molecular weight is 451 g/mol. The lowest BCUT2D eigenvalue weighted by atomic mass is 10.1. The van der Waals surface area contributed by atoms with E-state index < -0.39 is 5.97 Å². The number of hydrogen-bond donors (Lipinski definition) is 0. The molecule has 1 heterocycles. The van der Waals surface area contributed by atoms with E-state index in [9.17, 15) is 9.59 Å². The van der Waals surface area contributed by atoms with Crippen LogP contribution in [0, 0.1) is 0 Å². The topological polar surface area (TPSA) is 77.4 Å². The standard InChI is InChI=1S/C26H30N2O5/c1-6-7-14-32-23-13-8-19(16-24(23)31-5)15-22-18(4)27-28(25(22)29)21-11-9-20(10-12-21)26(30)33-17(2)3/h8-13,15-17H,6-7,14H2,1-5H3. The number of esters is 1. The lowest BCUT2D eigenvalue weighted by Gasteiger charge is -2.13. The molecular weight excluding hydrogens is 420 g/mol. The Morgan fingerprint density at radius 1 is 1.12 bits per heavy atom. The normalized spacial score (nSPS) is 14.6. The largest absolute Gasteiger partial charge is 0.493 e. The molecule has 1 aliphatic rings. The summed E-state index contributed by atoms with van der Waals surface area (Å²) in [5, 5.41) is 5.74. The highest BCUT2D eigenvalue weighted by Gasteiger charge is 2.29.